The van der Waals surface area contributed by atoms with Gasteiger partial charge in [-0.1, -0.05) is 42.5 Å². The van der Waals surface area contributed by atoms with Crippen LogP contribution >= 0.6 is 0 Å². The maximum absolute atomic E-state index is 13.7. The number of hydrogen-bond acceptors (Lipinski definition) is 3. The van der Waals surface area contributed by atoms with E-state index in [1.807, 2.05) is 30.5 Å². The molecule has 1 fully saturated rings. The number of alkyl halides is 3. The van der Waals surface area contributed by atoms with Gasteiger partial charge in [-0.05, 0) is 60.7 Å². The van der Waals surface area contributed by atoms with Gasteiger partial charge in [0.2, 0.25) is 5.91 Å². The summed E-state index contributed by atoms with van der Waals surface area (Å²) >= 11 is 0. The Labute approximate surface area is 230 Å². The monoisotopic (exact) mass is 549 g/mol. The first-order valence-corrected chi connectivity index (χ1v) is 13.2. The molecule has 1 aliphatic carbocycles. The summed E-state index contributed by atoms with van der Waals surface area (Å²) in [6.07, 6.45) is -0.370. The zero-order valence-electron chi connectivity index (χ0n) is 22.1. The molecule has 0 bridgehead atoms. The quantitative estimate of drug-likeness (QED) is 0.261. The van der Waals surface area contributed by atoms with Crippen LogP contribution in [0.1, 0.15) is 39.9 Å². The third-order valence-electron chi connectivity index (χ3n) is 7.22. The Balaban J connectivity index is 1.37. The minimum absolute atomic E-state index is 0.0390. The number of carbonyl (C=O) groups is 2. The molecular formula is C31H30F3N3O3. The molecule has 1 heterocycles. The zero-order chi connectivity index (χ0) is 28.3. The normalized spacial score (nSPS) is 13.3. The average molecular weight is 550 g/mol. The van der Waals surface area contributed by atoms with Gasteiger partial charge in [0, 0.05) is 36.2 Å². The lowest BCUT2D eigenvalue weighted by Crippen LogP contribution is -2.44. The first-order chi connectivity index (χ1) is 19.2. The van der Waals surface area contributed by atoms with Crippen LogP contribution in [0.2, 0.25) is 0 Å². The number of amides is 2. The SMILES string of the molecule is COc1ccccc1C(=O)N(CC(=O)N(CCc1c[nH]c2ccccc12)Cc1ccc(C(F)(F)F)cc1)C1CC1. The molecule has 0 radical (unpaired) electrons. The van der Waals surface area contributed by atoms with Crippen molar-refractivity contribution in [3.8, 4) is 5.75 Å². The Bertz CT molecular complexity index is 1490. The Morgan fingerprint density at radius 2 is 1.68 bits per heavy atom. The van der Waals surface area contributed by atoms with E-state index in [0.717, 1.165) is 41.4 Å². The molecule has 1 aromatic heterocycles. The third-order valence-corrected chi connectivity index (χ3v) is 7.22. The summed E-state index contributed by atoms with van der Waals surface area (Å²) in [5, 5.41) is 1.05. The van der Waals surface area contributed by atoms with E-state index in [1.165, 1.54) is 19.2 Å². The molecule has 40 heavy (non-hydrogen) atoms. The molecular weight excluding hydrogens is 519 g/mol. The molecule has 1 aliphatic rings. The van der Waals surface area contributed by atoms with Gasteiger partial charge < -0.3 is 19.5 Å². The van der Waals surface area contributed by atoms with E-state index in [-0.39, 0.29) is 30.9 Å². The number of methoxy groups -OCH3 is 1. The molecule has 4 aromatic rings. The van der Waals surface area contributed by atoms with Gasteiger partial charge >= 0.3 is 6.18 Å². The summed E-state index contributed by atoms with van der Waals surface area (Å²) in [5.74, 6) is -0.110. The van der Waals surface area contributed by atoms with Crippen LogP contribution in [0.4, 0.5) is 13.2 Å². The number of aromatic amines is 1. The van der Waals surface area contributed by atoms with Crippen LogP contribution in [0.25, 0.3) is 10.9 Å². The number of fused-ring (bicyclic) bond motifs is 1. The largest absolute Gasteiger partial charge is 0.496 e. The number of halogens is 3. The highest BCUT2D eigenvalue weighted by Crippen LogP contribution is 2.31. The van der Waals surface area contributed by atoms with Crippen molar-refractivity contribution in [2.75, 3.05) is 20.2 Å². The number of nitrogens with zero attached hydrogens (tertiary/aromatic N) is 2. The fraction of sp³-hybridized carbons (Fsp3) is 0.290. The van der Waals surface area contributed by atoms with Crippen molar-refractivity contribution in [2.24, 2.45) is 0 Å². The van der Waals surface area contributed by atoms with Crippen LogP contribution < -0.4 is 4.74 Å². The van der Waals surface area contributed by atoms with Crippen LogP contribution in [0, 0.1) is 0 Å². The van der Waals surface area contributed by atoms with Gasteiger partial charge in [-0.2, -0.15) is 13.2 Å². The fourth-order valence-electron chi connectivity index (χ4n) is 4.88. The maximum Gasteiger partial charge on any atom is 0.416 e. The Hall–Kier alpha value is -4.27. The second-order valence-electron chi connectivity index (χ2n) is 9.98. The van der Waals surface area contributed by atoms with Gasteiger partial charge in [0.15, 0.2) is 0 Å². The Morgan fingerprint density at radius 3 is 2.38 bits per heavy atom. The molecule has 0 unspecified atom stereocenters. The van der Waals surface area contributed by atoms with Crippen molar-refractivity contribution in [3.63, 3.8) is 0 Å². The van der Waals surface area contributed by atoms with Crippen LogP contribution in [0.15, 0.2) is 79.0 Å². The number of nitrogens with one attached hydrogen (secondary N) is 1. The number of rotatable bonds is 10. The van der Waals surface area contributed by atoms with E-state index in [2.05, 4.69) is 4.98 Å². The summed E-state index contributed by atoms with van der Waals surface area (Å²) in [4.78, 5) is 33.7. The van der Waals surface area contributed by atoms with Crippen molar-refractivity contribution < 1.29 is 27.5 Å². The van der Waals surface area contributed by atoms with E-state index in [0.29, 0.717) is 29.8 Å². The average Bonchev–Trinajstić information content (AvgIpc) is 3.72. The maximum atomic E-state index is 13.7. The van der Waals surface area contributed by atoms with E-state index in [4.69, 9.17) is 4.74 Å². The fourth-order valence-corrected chi connectivity index (χ4v) is 4.88. The van der Waals surface area contributed by atoms with Crippen LogP contribution in [-0.4, -0.2) is 52.8 Å². The van der Waals surface area contributed by atoms with Crippen molar-refractivity contribution in [1.82, 2.24) is 14.8 Å². The standard InChI is InChI=1S/C31H30F3N3O3/c1-40-28-9-5-3-7-26(28)30(39)37(24-14-15-24)20-29(38)36(19-21-10-12-23(13-11-21)31(32,33)34)17-16-22-18-35-27-8-4-2-6-25(22)27/h2-13,18,24,35H,14-17,19-20H2,1H3. The number of carbonyl (C=O) groups excluding carboxylic acids is 2. The zero-order valence-corrected chi connectivity index (χ0v) is 22.1. The lowest BCUT2D eigenvalue weighted by atomic mass is 10.1. The highest BCUT2D eigenvalue weighted by atomic mass is 19.4. The predicted molar refractivity (Wildman–Crippen MR) is 146 cm³/mol. The summed E-state index contributed by atoms with van der Waals surface area (Å²) in [6.45, 7) is 0.333. The van der Waals surface area contributed by atoms with Crippen molar-refractivity contribution in [3.05, 3.63) is 101 Å². The van der Waals surface area contributed by atoms with Crippen LogP contribution in [0.5, 0.6) is 5.75 Å². The molecule has 2 amide bonds. The van der Waals surface area contributed by atoms with Crippen molar-refractivity contribution >= 4 is 22.7 Å². The van der Waals surface area contributed by atoms with Gasteiger partial charge in [0.1, 0.15) is 12.3 Å². The van der Waals surface area contributed by atoms with Crippen molar-refractivity contribution in [2.45, 2.75) is 38.0 Å². The summed E-state index contributed by atoms with van der Waals surface area (Å²) in [6, 6.07) is 19.6. The molecule has 1 saturated carbocycles. The van der Waals surface area contributed by atoms with Gasteiger partial charge in [-0.15, -0.1) is 0 Å². The van der Waals surface area contributed by atoms with E-state index >= 15 is 0 Å². The minimum atomic E-state index is -4.44. The minimum Gasteiger partial charge on any atom is -0.496 e. The molecule has 5 rings (SSSR count). The lowest BCUT2D eigenvalue weighted by Gasteiger charge is -2.28. The van der Waals surface area contributed by atoms with Gasteiger partial charge in [0.05, 0.1) is 18.2 Å². The molecule has 0 spiro atoms. The van der Waals surface area contributed by atoms with Gasteiger partial charge in [-0.25, -0.2) is 0 Å². The highest BCUT2D eigenvalue weighted by molar-refractivity contribution is 5.99. The number of hydrogen-bond donors (Lipinski definition) is 1. The second kappa shape index (κ2) is 11.5. The van der Waals surface area contributed by atoms with Gasteiger partial charge in [-0.3, -0.25) is 9.59 Å². The topological polar surface area (TPSA) is 65.6 Å². The summed E-state index contributed by atoms with van der Waals surface area (Å²) in [5.41, 5.74) is 2.24. The molecule has 1 N–H and O–H groups in total. The number of para-hydroxylation sites is 2. The third kappa shape index (κ3) is 6.14. The number of benzene rings is 3. The Kier molecular flexibility index (Phi) is 7.82. The number of H-pyrrole nitrogens is 1. The molecule has 6 nitrogen and oxygen atoms in total. The predicted octanol–water partition coefficient (Wildman–Crippen LogP) is 6.07. The summed E-state index contributed by atoms with van der Waals surface area (Å²) < 4.78 is 44.7. The first-order valence-electron chi connectivity index (χ1n) is 13.2. The molecule has 0 atom stereocenters. The molecule has 9 heteroatoms. The van der Waals surface area contributed by atoms with Crippen LogP contribution in [-0.2, 0) is 23.9 Å². The highest BCUT2D eigenvalue weighted by Gasteiger charge is 2.36. The summed E-state index contributed by atoms with van der Waals surface area (Å²) in [7, 11) is 1.50. The first kappa shape index (κ1) is 27.3. The van der Waals surface area contributed by atoms with E-state index in [9.17, 15) is 22.8 Å². The van der Waals surface area contributed by atoms with Gasteiger partial charge in [0.25, 0.3) is 5.91 Å². The molecule has 3 aromatic carbocycles. The molecule has 0 aliphatic heterocycles. The lowest BCUT2D eigenvalue weighted by molar-refractivity contribution is -0.137. The van der Waals surface area contributed by atoms with E-state index in [1.54, 1.807) is 34.1 Å². The number of aromatic nitrogens is 1. The number of ether oxygens (including phenoxy) is 1. The van der Waals surface area contributed by atoms with Crippen LogP contribution in [0.3, 0.4) is 0 Å². The molecule has 0 saturated heterocycles. The second-order valence-corrected chi connectivity index (χ2v) is 9.98. The Morgan fingerprint density at radius 1 is 0.975 bits per heavy atom. The van der Waals surface area contributed by atoms with E-state index < -0.39 is 11.7 Å². The molecule has 208 valence electrons. The smallest absolute Gasteiger partial charge is 0.416 e. The van der Waals surface area contributed by atoms with Crippen molar-refractivity contribution in [1.29, 1.82) is 0 Å².